The molecule has 1 N–H and O–H groups in total. The first-order chi connectivity index (χ1) is 11.2. The van der Waals surface area contributed by atoms with Crippen molar-refractivity contribution in [3.05, 3.63) is 34.7 Å². The van der Waals surface area contributed by atoms with E-state index in [0.717, 1.165) is 17.7 Å². The highest BCUT2D eigenvalue weighted by Gasteiger charge is 2.18. The Balaban J connectivity index is 2.61. The Morgan fingerprint density at radius 2 is 1.96 bits per heavy atom. The molecule has 24 heavy (non-hydrogen) atoms. The first-order valence-electron chi connectivity index (χ1n) is 8.18. The van der Waals surface area contributed by atoms with Crippen molar-refractivity contribution in [1.29, 1.82) is 5.26 Å². The summed E-state index contributed by atoms with van der Waals surface area (Å²) in [6.07, 6.45) is 3.03. The zero-order chi connectivity index (χ0) is 18.2. The Labute approximate surface area is 151 Å². The number of hydrogen-bond acceptors (Lipinski definition) is 5. The van der Waals surface area contributed by atoms with Crippen molar-refractivity contribution in [1.82, 2.24) is 4.72 Å². The van der Waals surface area contributed by atoms with Crippen molar-refractivity contribution in [3.63, 3.8) is 0 Å². The van der Waals surface area contributed by atoms with E-state index in [4.69, 9.17) is 4.74 Å². The summed E-state index contributed by atoms with van der Waals surface area (Å²) in [7, 11) is 4.02. The Bertz CT molecular complexity index is 571. The quantitative estimate of drug-likeness (QED) is 0.528. The third-order valence-corrected chi connectivity index (χ3v) is 4.52. The summed E-state index contributed by atoms with van der Waals surface area (Å²) in [4.78, 5) is 2.70. The van der Waals surface area contributed by atoms with Crippen molar-refractivity contribution in [2.24, 2.45) is 0 Å². The average Bonchev–Trinajstić information content (AvgIpc) is 2.51. The van der Waals surface area contributed by atoms with Gasteiger partial charge in [0.05, 0.1) is 6.10 Å². The second-order valence-electron chi connectivity index (χ2n) is 6.86. The van der Waals surface area contributed by atoms with Gasteiger partial charge in [-0.25, -0.2) is 0 Å². The fraction of sp³-hybridized carbons (Fsp3) is 0.526. The molecular formula is C19H29N3OS. The van der Waals surface area contributed by atoms with Gasteiger partial charge in [-0.2, -0.15) is 5.26 Å². The van der Waals surface area contributed by atoms with Crippen molar-refractivity contribution < 1.29 is 4.74 Å². The number of nitrogens with one attached hydrogen (secondary N) is 1. The van der Waals surface area contributed by atoms with Gasteiger partial charge in [0.1, 0.15) is 11.0 Å². The summed E-state index contributed by atoms with van der Waals surface area (Å²) in [5.41, 5.74) is 2.06. The molecule has 1 aromatic rings. The maximum absolute atomic E-state index is 9.36. The van der Waals surface area contributed by atoms with Gasteiger partial charge in [0.2, 0.25) is 0 Å². The molecule has 0 radical (unpaired) electrons. The van der Waals surface area contributed by atoms with E-state index >= 15 is 0 Å². The van der Waals surface area contributed by atoms with Crippen LogP contribution < -0.4 is 9.62 Å². The number of allylic oxidation sites excluding steroid dienone is 1. The van der Waals surface area contributed by atoms with Gasteiger partial charge in [0, 0.05) is 31.9 Å². The highest BCUT2D eigenvalue weighted by molar-refractivity contribution is 8.01. The topological polar surface area (TPSA) is 48.3 Å². The van der Waals surface area contributed by atoms with Gasteiger partial charge in [-0.1, -0.05) is 12.1 Å². The summed E-state index contributed by atoms with van der Waals surface area (Å²) in [5, 5.41) is 9.36. The number of nitriles is 1. The molecule has 0 unspecified atom stereocenters. The lowest BCUT2D eigenvalue weighted by Gasteiger charge is -2.25. The Kier molecular flexibility index (Phi) is 8.34. The first-order valence-corrected chi connectivity index (χ1v) is 9.00. The number of rotatable bonds is 9. The molecule has 0 aromatic heterocycles. The summed E-state index contributed by atoms with van der Waals surface area (Å²) in [6.45, 7) is 9.01. The molecule has 0 spiro atoms. The van der Waals surface area contributed by atoms with Gasteiger partial charge in [0.25, 0.3) is 0 Å². The van der Waals surface area contributed by atoms with Crippen LogP contribution in [0.4, 0.5) is 5.69 Å². The average molecular weight is 348 g/mol. The molecule has 1 rings (SSSR count). The summed E-state index contributed by atoms with van der Waals surface area (Å²) in [5.74, 6) is 0. The van der Waals surface area contributed by atoms with Crippen molar-refractivity contribution in [2.75, 3.05) is 25.6 Å². The standard InChI is InChI=1S/C19H29N3OS/c1-15(2)23-12-11-19(3,4)21-24-18(14-20)13-16-7-9-17(10-8-16)22(5)6/h7-10,13,15,21H,11-12H2,1-6H3/b18-13+. The predicted molar refractivity (Wildman–Crippen MR) is 105 cm³/mol. The minimum absolute atomic E-state index is 0.107. The minimum Gasteiger partial charge on any atom is -0.379 e. The maximum atomic E-state index is 9.36. The highest BCUT2D eigenvalue weighted by atomic mass is 32.2. The first kappa shape index (κ1) is 20.6. The largest absolute Gasteiger partial charge is 0.379 e. The molecule has 0 fully saturated rings. The number of nitrogens with zero attached hydrogens (tertiary/aromatic N) is 2. The molecule has 4 nitrogen and oxygen atoms in total. The Morgan fingerprint density at radius 1 is 1.33 bits per heavy atom. The molecule has 5 heteroatoms. The second kappa shape index (κ2) is 9.73. The summed E-state index contributed by atoms with van der Waals surface area (Å²) >= 11 is 1.38. The van der Waals surface area contributed by atoms with Crippen LogP contribution >= 0.6 is 11.9 Å². The summed E-state index contributed by atoms with van der Waals surface area (Å²) in [6, 6.07) is 10.4. The molecular weight excluding hydrogens is 318 g/mol. The molecule has 0 aliphatic carbocycles. The fourth-order valence-electron chi connectivity index (χ4n) is 1.90. The number of anilines is 1. The van der Waals surface area contributed by atoms with Crippen LogP contribution in [0.1, 0.15) is 39.7 Å². The predicted octanol–water partition coefficient (Wildman–Crippen LogP) is 4.45. The Hall–Kier alpha value is -1.48. The molecule has 0 saturated heterocycles. The van der Waals surface area contributed by atoms with Gasteiger partial charge in [-0.3, -0.25) is 4.72 Å². The van der Waals surface area contributed by atoms with Crippen molar-refractivity contribution in [3.8, 4) is 6.07 Å². The molecule has 0 aliphatic heterocycles. The SMILES string of the molecule is CC(C)OCCC(C)(C)NS/C(C#N)=C/c1ccc(N(C)C)cc1. The van der Waals surface area contributed by atoms with E-state index in [1.165, 1.54) is 11.9 Å². The van der Waals surface area contributed by atoms with Crippen LogP contribution in [0.2, 0.25) is 0 Å². The van der Waals surface area contributed by atoms with E-state index in [1.807, 2.05) is 58.3 Å². The lowest BCUT2D eigenvalue weighted by atomic mass is 10.0. The third-order valence-electron chi connectivity index (χ3n) is 3.43. The van der Waals surface area contributed by atoms with E-state index < -0.39 is 0 Å². The lowest BCUT2D eigenvalue weighted by molar-refractivity contribution is 0.0667. The third kappa shape index (κ3) is 7.87. The Morgan fingerprint density at radius 3 is 2.46 bits per heavy atom. The molecule has 0 heterocycles. The van der Waals surface area contributed by atoms with E-state index in [1.54, 1.807) is 0 Å². The van der Waals surface area contributed by atoms with Crippen LogP contribution in [0.15, 0.2) is 29.2 Å². The normalized spacial score (nSPS) is 12.3. The minimum atomic E-state index is -0.107. The molecule has 0 bridgehead atoms. The van der Waals surface area contributed by atoms with E-state index in [9.17, 15) is 5.26 Å². The zero-order valence-electron chi connectivity index (χ0n) is 15.6. The zero-order valence-corrected chi connectivity index (χ0v) is 16.4. The molecule has 132 valence electrons. The van der Waals surface area contributed by atoms with Crippen molar-refractivity contribution in [2.45, 2.75) is 45.8 Å². The van der Waals surface area contributed by atoms with Gasteiger partial charge in [-0.05, 0) is 69.8 Å². The van der Waals surface area contributed by atoms with E-state index in [0.29, 0.717) is 11.5 Å². The monoisotopic (exact) mass is 347 g/mol. The van der Waals surface area contributed by atoms with Crippen LogP contribution in [0.5, 0.6) is 0 Å². The van der Waals surface area contributed by atoms with Crippen LogP contribution in [0.3, 0.4) is 0 Å². The van der Waals surface area contributed by atoms with Crippen LogP contribution in [-0.4, -0.2) is 32.3 Å². The van der Waals surface area contributed by atoms with Crippen LogP contribution in [0, 0.1) is 11.3 Å². The highest BCUT2D eigenvalue weighted by Crippen LogP contribution is 2.22. The lowest BCUT2D eigenvalue weighted by Crippen LogP contribution is -2.35. The van der Waals surface area contributed by atoms with Gasteiger partial charge in [0.15, 0.2) is 0 Å². The fourth-order valence-corrected chi connectivity index (χ4v) is 2.63. The number of hydrogen-bond donors (Lipinski definition) is 1. The van der Waals surface area contributed by atoms with Gasteiger partial charge >= 0.3 is 0 Å². The maximum Gasteiger partial charge on any atom is 0.107 e. The van der Waals surface area contributed by atoms with E-state index in [2.05, 4.69) is 29.5 Å². The van der Waals surface area contributed by atoms with Crippen LogP contribution in [0.25, 0.3) is 6.08 Å². The number of ether oxygens (including phenoxy) is 1. The second-order valence-corrected chi connectivity index (χ2v) is 7.71. The van der Waals surface area contributed by atoms with E-state index in [-0.39, 0.29) is 11.6 Å². The van der Waals surface area contributed by atoms with Crippen LogP contribution in [-0.2, 0) is 4.74 Å². The molecule has 0 atom stereocenters. The van der Waals surface area contributed by atoms with Gasteiger partial charge in [-0.15, -0.1) is 0 Å². The molecule has 0 amide bonds. The molecule has 0 saturated carbocycles. The number of benzene rings is 1. The molecule has 1 aromatic carbocycles. The van der Waals surface area contributed by atoms with Gasteiger partial charge < -0.3 is 9.64 Å². The van der Waals surface area contributed by atoms with Crippen molar-refractivity contribution >= 4 is 23.7 Å². The molecule has 0 aliphatic rings. The summed E-state index contributed by atoms with van der Waals surface area (Å²) < 4.78 is 8.98. The smallest absolute Gasteiger partial charge is 0.107 e.